The molecule has 25 heavy (non-hydrogen) atoms. The Labute approximate surface area is 151 Å². The van der Waals surface area contributed by atoms with Gasteiger partial charge in [-0.1, -0.05) is 51.2 Å². The Morgan fingerprint density at radius 2 is 2.04 bits per heavy atom. The van der Waals surface area contributed by atoms with Crippen LogP contribution in [-0.4, -0.2) is 6.21 Å². The first kappa shape index (κ1) is 20.6. The van der Waals surface area contributed by atoms with Gasteiger partial charge in [0.2, 0.25) is 0 Å². The second kappa shape index (κ2) is 10.4. The predicted octanol–water partition coefficient (Wildman–Crippen LogP) is 5.83. The van der Waals surface area contributed by atoms with E-state index < -0.39 is 0 Å². The van der Waals surface area contributed by atoms with Gasteiger partial charge in [0.1, 0.15) is 12.0 Å². The van der Waals surface area contributed by atoms with Gasteiger partial charge in [0.25, 0.3) is 0 Å². The zero-order valence-electron chi connectivity index (χ0n) is 16.0. The molecule has 1 heterocycles. The molecule has 1 unspecified atom stereocenters. The molecule has 1 aliphatic rings. The molecular weight excluding hydrogens is 310 g/mol. The van der Waals surface area contributed by atoms with Crippen molar-refractivity contribution in [1.29, 1.82) is 0 Å². The highest BCUT2D eigenvalue weighted by molar-refractivity contribution is 5.83. The van der Waals surface area contributed by atoms with Gasteiger partial charge in [0.15, 0.2) is 5.43 Å². The van der Waals surface area contributed by atoms with Crippen molar-refractivity contribution in [2.24, 2.45) is 10.9 Å². The number of rotatable bonds is 6. The summed E-state index contributed by atoms with van der Waals surface area (Å²) in [4.78, 5) is 17.1. The van der Waals surface area contributed by atoms with Gasteiger partial charge in [0, 0.05) is 6.21 Å². The van der Waals surface area contributed by atoms with E-state index >= 15 is 0 Å². The normalized spacial score (nSPS) is 18.5. The molecule has 1 fully saturated rings. The fourth-order valence-electron chi connectivity index (χ4n) is 2.50. The smallest absolute Gasteiger partial charge is 0.198 e. The first-order chi connectivity index (χ1) is 12.1. The van der Waals surface area contributed by atoms with Crippen LogP contribution in [0.25, 0.3) is 11.6 Å². The molecule has 0 aromatic carbocycles. The molecule has 0 radical (unpaired) electrons. The molecule has 0 spiro atoms. The molecule has 0 amide bonds. The maximum atomic E-state index is 12.9. The highest BCUT2D eigenvalue weighted by atomic mass is 16.3. The Morgan fingerprint density at radius 3 is 2.56 bits per heavy atom. The Morgan fingerprint density at radius 1 is 1.36 bits per heavy atom. The summed E-state index contributed by atoms with van der Waals surface area (Å²) >= 11 is 0. The lowest BCUT2D eigenvalue weighted by Gasteiger charge is -2.08. The number of hydrogen-bond donors (Lipinski definition) is 0. The molecule has 1 atom stereocenters. The van der Waals surface area contributed by atoms with E-state index in [-0.39, 0.29) is 5.43 Å². The molecule has 1 saturated carbocycles. The van der Waals surface area contributed by atoms with Crippen LogP contribution in [0.1, 0.15) is 57.9 Å². The lowest BCUT2D eigenvalue weighted by atomic mass is 10.00. The van der Waals surface area contributed by atoms with Crippen molar-refractivity contribution in [3.05, 3.63) is 69.8 Å². The zero-order chi connectivity index (χ0) is 18.8. The first-order valence-electron chi connectivity index (χ1n) is 8.88. The fourth-order valence-corrected chi connectivity index (χ4v) is 2.50. The molecule has 1 aromatic heterocycles. The van der Waals surface area contributed by atoms with E-state index in [0.29, 0.717) is 29.3 Å². The van der Waals surface area contributed by atoms with Gasteiger partial charge in [-0.05, 0) is 43.9 Å². The van der Waals surface area contributed by atoms with Crippen LogP contribution in [0, 0.1) is 5.92 Å². The minimum Gasteiger partial charge on any atom is -0.464 e. The van der Waals surface area contributed by atoms with Crippen molar-refractivity contribution < 1.29 is 4.42 Å². The van der Waals surface area contributed by atoms with Crippen LogP contribution in [0.4, 0.5) is 0 Å². The fraction of sp³-hybridized carbons (Fsp3) is 0.364. The van der Waals surface area contributed by atoms with Crippen molar-refractivity contribution in [3.8, 4) is 0 Å². The van der Waals surface area contributed by atoms with E-state index in [1.807, 2.05) is 52.0 Å². The summed E-state index contributed by atoms with van der Waals surface area (Å²) in [6.07, 6.45) is 13.5. The molecule has 0 saturated heterocycles. The molecule has 0 N–H and O–H groups in total. The third-order valence-corrected chi connectivity index (χ3v) is 3.83. The van der Waals surface area contributed by atoms with E-state index in [4.69, 9.17) is 4.42 Å². The molecule has 1 aromatic rings. The lowest BCUT2D eigenvalue weighted by Crippen LogP contribution is -2.15. The number of nitrogens with zero attached hydrogens (tertiary/aromatic N) is 1. The van der Waals surface area contributed by atoms with Gasteiger partial charge in [-0.2, -0.15) is 0 Å². The quantitative estimate of drug-likeness (QED) is 0.612. The van der Waals surface area contributed by atoms with E-state index in [1.165, 1.54) is 11.8 Å². The summed E-state index contributed by atoms with van der Waals surface area (Å²) < 4.78 is 5.64. The van der Waals surface area contributed by atoms with E-state index in [0.717, 1.165) is 12.0 Å². The number of hydrogen-bond acceptors (Lipinski definition) is 3. The van der Waals surface area contributed by atoms with Gasteiger partial charge < -0.3 is 4.42 Å². The first-order valence-corrected chi connectivity index (χ1v) is 8.88. The van der Waals surface area contributed by atoms with Crippen LogP contribution in [0.2, 0.25) is 0 Å². The predicted molar refractivity (Wildman–Crippen MR) is 109 cm³/mol. The molecular formula is C22H29NO2. The lowest BCUT2D eigenvalue weighted by molar-refractivity contribution is 0.528. The summed E-state index contributed by atoms with van der Waals surface area (Å²) in [5, 5.41) is 0. The van der Waals surface area contributed by atoms with Gasteiger partial charge in [-0.25, -0.2) is 0 Å². The molecule has 3 nitrogen and oxygen atoms in total. The third-order valence-electron chi connectivity index (χ3n) is 3.83. The van der Waals surface area contributed by atoms with E-state index in [2.05, 4.69) is 18.5 Å². The highest BCUT2D eigenvalue weighted by Crippen LogP contribution is 2.43. The van der Waals surface area contributed by atoms with Gasteiger partial charge in [-0.3, -0.25) is 9.79 Å². The number of aliphatic imine (C=N–C) groups is 1. The van der Waals surface area contributed by atoms with Crippen molar-refractivity contribution in [1.82, 2.24) is 0 Å². The summed E-state index contributed by atoms with van der Waals surface area (Å²) in [6, 6.07) is 0. The zero-order valence-corrected chi connectivity index (χ0v) is 16.0. The summed E-state index contributed by atoms with van der Waals surface area (Å²) in [7, 11) is 0. The average Bonchev–Trinajstić information content (AvgIpc) is 3.36. The monoisotopic (exact) mass is 339 g/mol. The second-order valence-electron chi connectivity index (χ2n) is 5.59. The Hall–Kier alpha value is -2.42. The molecule has 1 aliphatic carbocycles. The summed E-state index contributed by atoms with van der Waals surface area (Å²) in [5.41, 5.74) is 3.41. The number of allylic oxidation sites excluding steroid dienone is 6. The molecule has 0 aliphatic heterocycles. The topological polar surface area (TPSA) is 42.6 Å². The van der Waals surface area contributed by atoms with Crippen LogP contribution in [0.5, 0.6) is 0 Å². The SMILES string of the molecule is C=Cc1occ(CN=C/C=C\C)c(=O)c1C(/C=C\C)=C1\CC1C.CC. The van der Waals surface area contributed by atoms with Crippen molar-refractivity contribution >= 4 is 17.9 Å². The van der Waals surface area contributed by atoms with E-state index in [1.54, 1.807) is 12.3 Å². The Balaban J connectivity index is 0.00000151. The minimum absolute atomic E-state index is 0.0246. The minimum atomic E-state index is -0.0246. The van der Waals surface area contributed by atoms with Crippen LogP contribution in [-0.2, 0) is 6.54 Å². The maximum absolute atomic E-state index is 12.9. The molecule has 0 bridgehead atoms. The second-order valence-corrected chi connectivity index (χ2v) is 5.59. The summed E-state index contributed by atoms with van der Waals surface area (Å²) in [5.74, 6) is 1.05. The molecule has 3 heteroatoms. The van der Waals surface area contributed by atoms with Crippen LogP contribution >= 0.6 is 0 Å². The largest absolute Gasteiger partial charge is 0.464 e. The highest BCUT2D eigenvalue weighted by Gasteiger charge is 2.30. The maximum Gasteiger partial charge on any atom is 0.198 e. The molecule has 2 rings (SSSR count). The van der Waals surface area contributed by atoms with Crippen molar-refractivity contribution in [3.63, 3.8) is 0 Å². The van der Waals surface area contributed by atoms with Gasteiger partial charge in [0.05, 0.1) is 17.7 Å². The van der Waals surface area contributed by atoms with Crippen molar-refractivity contribution in [2.75, 3.05) is 0 Å². The Kier molecular flexibility index (Phi) is 8.62. The standard InChI is InChI=1S/C20H23NO2.C2H6/c1-5-8-10-21-12-15-13-23-18(7-3)19(20(15)22)16(9-6-2)17-11-14(17)4;1-2/h5-10,13-14H,3,11-12H2,1-2,4H3;1-2H3/b8-5-,9-6-,17-16+,21-10?;. The average molecular weight is 339 g/mol. The van der Waals surface area contributed by atoms with Crippen LogP contribution < -0.4 is 5.43 Å². The van der Waals surface area contributed by atoms with Crippen molar-refractivity contribution in [2.45, 2.75) is 47.6 Å². The third kappa shape index (κ3) is 5.28. The van der Waals surface area contributed by atoms with Gasteiger partial charge in [-0.15, -0.1) is 0 Å². The van der Waals surface area contributed by atoms with Gasteiger partial charge >= 0.3 is 0 Å². The van der Waals surface area contributed by atoms with Crippen LogP contribution in [0.15, 0.2) is 56.9 Å². The Bertz CT molecular complexity index is 761. The summed E-state index contributed by atoms with van der Waals surface area (Å²) in [6.45, 7) is 14.1. The molecule has 134 valence electrons. The van der Waals surface area contributed by atoms with E-state index in [9.17, 15) is 4.79 Å². The van der Waals surface area contributed by atoms with Crippen LogP contribution in [0.3, 0.4) is 0 Å².